The second-order valence-corrected chi connectivity index (χ2v) is 5.56. The molecule has 0 radical (unpaired) electrons. The number of amides is 1. The van der Waals surface area contributed by atoms with E-state index in [9.17, 15) is 9.18 Å². The van der Waals surface area contributed by atoms with Gasteiger partial charge in [0, 0.05) is 24.2 Å². The second-order valence-electron chi connectivity index (χ2n) is 5.56. The van der Waals surface area contributed by atoms with E-state index in [1.165, 1.54) is 6.07 Å². The molecular formula is C18H19FN2O2. The smallest absolute Gasteiger partial charge is 0.251 e. The van der Waals surface area contributed by atoms with Gasteiger partial charge in [-0.3, -0.25) is 4.79 Å². The van der Waals surface area contributed by atoms with Crippen molar-refractivity contribution in [3.63, 3.8) is 0 Å². The van der Waals surface area contributed by atoms with Gasteiger partial charge >= 0.3 is 0 Å². The summed E-state index contributed by atoms with van der Waals surface area (Å²) in [6, 6.07) is 10.5. The zero-order valence-corrected chi connectivity index (χ0v) is 12.8. The number of benzene rings is 2. The maximum atomic E-state index is 13.9. The van der Waals surface area contributed by atoms with Crippen molar-refractivity contribution >= 4 is 5.91 Å². The maximum absolute atomic E-state index is 13.9. The van der Waals surface area contributed by atoms with Crippen LogP contribution in [-0.2, 0) is 30.9 Å². The van der Waals surface area contributed by atoms with E-state index >= 15 is 0 Å². The minimum Gasteiger partial charge on any atom is -0.376 e. The molecular weight excluding hydrogens is 295 g/mol. The Morgan fingerprint density at radius 3 is 2.96 bits per heavy atom. The third kappa shape index (κ3) is 3.41. The zero-order valence-electron chi connectivity index (χ0n) is 12.8. The Balaban J connectivity index is 1.73. The number of ether oxygens (including phenoxy) is 1. The van der Waals surface area contributed by atoms with Crippen LogP contribution < -0.4 is 11.1 Å². The van der Waals surface area contributed by atoms with Gasteiger partial charge in [-0.25, -0.2) is 4.39 Å². The predicted molar refractivity (Wildman–Crippen MR) is 85.3 cm³/mol. The molecule has 2 aromatic carbocycles. The minimum absolute atomic E-state index is 0.139. The molecule has 5 heteroatoms. The Labute approximate surface area is 134 Å². The predicted octanol–water partition coefficient (Wildman–Crippen LogP) is 2.29. The highest BCUT2D eigenvalue weighted by Crippen LogP contribution is 2.21. The standard InChI is InChI=1S/C18H19FN2O2/c19-17-8-12(9-20)4-5-14(17)10-21-18(22)15-3-1-2-13-6-7-23-11-16(13)15/h1-5,8H,6-7,9-11,20H2,(H,21,22). The molecule has 2 aromatic rings. The molecule has 0 fully saturated rings. The van der Waals surface area contributed by atoms with Gasteiger partial charge in [-0.15, -0.1) is 0 Å². The molecule has 3 N–H and O–H groups in total. The molecule has 0 unspecified atom stereocenters. The average Bonchev–Trinajstić information content (AvgIpc) is 2.59. The Morgan fingerprint density at radius 2 is 2.17 bits per heavy atom. The first kappa shape index (κ1) is 15.6. The van der Waals surface area contributed by atoms with Crippen molar-refractivity contribution in [2.75, 3.05) is 6.61 Å². The Bertz CT molecular complexity index is 731. The second kappa shape index (κ2) is 6.89. The first-order valence-corrected chi connectivity index (χ1v) is 7.63. The van der Waals surface area contributed by atoms with Crippen LogP contribution in [0.5, 0.6) is 0 Å². The van der Waals surface area contributed by atoms with Gasteiger partial charge < -0.3 is 15.8 Å². The molecule has 0 bridgehead atoms. The monoisotopic (exact) mass is 314 g/mol. The summed E-state index contributed by atoms with van der Waals surface area (Å²) in [4.78, 5) is 12.4. The van der Waals surface area contributed by atoms with Crippen LogP contribution in [0.1, 0.15) is 32.6 Å². The Kier molecular flexibility index (Phi) is 4.69. The normalized spacial score (nSPS) is 13.5. The van der Waals surface area contributed by atoms with Gasteiger partial charge in [-0.1, -0.05) is 24.3 Å². The van der Waals surface area contributed by atoms with Crippen molar-refractivity contribution in [2.24, 2.45) is 5.73 Å². The molecule has 1 amide bonds. The fourth-order valence-corrected chi connectivity index (χ4v) is 2.74. The van der Waals surface area contributed by atoms with Gasteiger partial charge in [-0.2, -0.15) is 0 Å². The zero-order chi connectivity index (χ0) is 16.2. The first-order valence-electron chi connectivity index (χ1n) is 7.63. The number of fused-ring (bicyclic) bond motifs is 1. The third-order valence-corrected chi connectivity index (χ3v) is 4.07. The summed E-state index contributed by atoms with van der Waals surface area (Å²) in [6.45, 7) is 1.55. The van der Waals surface area contributed by atoms with E-state index in [0.717, 1.165) is 23.1 Å². The molecule has 0 saturated heterocycles. The van der Waals surface area contributed by atoms with E-state index in [1.807, 2.05) is 12.1 Å². The van der Waals surface area contributed by atoms with Gasteiger partial charge in [0.05, 0.1) is 13.2 Å². The Hall–Kier alpha value is -2.24. The summed E-state index contributed by atoms with van der Waals surface area (Å²) in [7, 11) is 0. The third-order valence-electron chi connectivity index (χ3n) is 4.07. The molecule has 0 aromatic heterocycles. The molecule has 23 heavy (non-hydrogen) atoms. The Morgan fingerprint density at radius 1 is 1.30 bits per heavy atom. The minimum atomic E-state index is -0.355. The largest absolute Gasteiger partial charge is 0.376 e. The van der Waals surface area contributed by atoms with E-state index in [-0.39, 0.29) is 18.3 Å². The molecule has 1 heterocycles. The van der Waals surface area contributed by atoms with Crippen molar-refractivity contribution < 1.29 is 13.9 Å². The highest BCUT2D eigenvalue weighted by Gasteiger charge is 2.18. The number of carbonyl (C=O) groups excluding carboxylic acids is 1. The fraction of sp³-hybridized carbons (Fsp3) is 0.278. The van der Waals surface area contributed by atoms with Crippen LogP contribution in [0, 0.1) is 5.82 Å². The number of halogens is 1. The topological polar surface area (TPSA) is 64.3 Å². The summed E-state index contributed by atoms with van der Waals surface area (Å²) in [6.07, 6.45) is 0.811. The van der Waals surface area contributed by atoms with Gasteiger partial charge in [0.2, 0.25) is 0 Å². The van der Waals surface area contributed by atoms with Crippen LogP contribution in [0.3, 0.4) is 0 Å². The number of nitrogens with two attached hydrogens (primary N) is 1. The lowest BCUT2D eigenvalue weighted by molar-refractivity contribution is 0.0923. The number of hydrogen-bond acceptors (Lipinski definition) is 3. The summed E-state index contributed by atoms with van der Waals surface area (Å²) >= 11 is 0. The van der Waals surface area contributed by atoms with Crippen molar-refractivity contribution in [2.45, 2.75) is 26.1 Å². The van der Waals surface area contributed by atoms with Crippen LogP contribution in [0.15, 0.2) is 36.4 Å². The van der Waals surface area contributed by atoms with E-state index < -0.39 is 0 Å². The van der Waals surface area contributed by atoms with Gasteiger partial charge in [-0.05, 0) is 35.2 Å². The molecule has 0 atom stereocenters. The lowest BCUT2D eigenvalue weighted by Crippen LogP contribution is -2.26. The molecule has 0 spiro atoms. The molecule has 4 nitrogen and oxygen atoms in total. The number of hydrogen-bond donors (Lipinski definition) is 2. The maximum Gasteiger partial charge on any atom is 0.251 e. The summed E-state index contributed by atoms with van der Waals surface area (Å²) < 4.78 is 19.4. The lowest BCUT2D eigenvalue weighted by Gasteiger charge is -2.19. The molecule has 0 saturated carbocycles. The van der Waals surface area contributed by atoms with Crippen LogP contribution >= 0.6 is 0 Å². The van der Waals surface area contributed by atoms with Crippen molar-refractivity contribution in [3.8, 4) is 0 Å². The van der Waals surface area contributed by atoms with Gasteiger partial charge in [0.25, 0.3) is 5.91 Å². The van der Waals surface area contributed by atoms with Gasteiger partial charge in [0.15, 0.2) is 0 Å². The average molecular weight is 314 g/mol. The van der Waals surface area contributed by atoms with Crippen molar-refractivity contribution in [3.05, 3.63) is 70.0 Å². The van der Waals surface area contributed by atoms with E-state index in [2.05, 4.69) is 5.32 Å². The van der Waals surface area contributed by atoms with Gasteiger partial charge in [0.1, 0.15) is 5.82 Å². The van der Waals surface area contributed by atoms with Crippen LogP contribution in [-0.4, -0.2) is 12.5 Å². The molecule has 1 aliphatic rings. The first-order chi connectivity index (χ1) is 11.2. The summed E-state index contributed by atoms with van der Waals surface area (Å²) in [5.41, 5.74) is 9.32. The lowest BCUT2D eigenvalue weighted by atomic mass is 9.97. The SMILES string of the molecule is NCc1ccc(CNC(=O)c2cccc3c2COCC3)c(F)c1. The quantitative estimate of drug-likeness (QED) is 0.910. The fourth-order valence-electron chi connectivity index (χ4n) is 2.74. The van der Waals surface area contributed by atoms with Crippen LogP contribution in [0.2, 0.25) is 0 Å². The van der Waals surface area contributed by atoms with E-state index in [4.69, 9.17) is 10.5 Å². The van der Waals surface area contributed by atoms with Crippen molar-refractivity contribution in [1.29, 1.82) is 0 Å². The molecule has 3 rings (SSSR count). The molecule has 0 aliphatic carbocycles. The summed E-state index contributed by atoms with van der Waals surface area (Å²) in [5, 5.41) is 2.78. The highest BCUT2D eigenvalue weighted by atomic mass is 19.1. The van der Waals surface area contributed by atoms with E-state index in [1.54, 1.807) is 18.2 Å². The molecule has 120 valence electrons. The number of nitrogens with one attached hydrogen (secondary N) is 1. The summed E-state index contributed by atoms with van der Waals surface area (Å²) in [5.74, 6) is -0.568. The number of rotatable bonds is 4. The van der Waals surface area contributed by atoms with Crippen LogP contribution in [0.25, 0.3) is 0 Å². The molecule has 1 aliphatic heterocycles. The number of carbonyl (C=O) groups is 1. The van der Waals surface area contributed by atoms with Crippen molar-refractivity contribution in [1.82, 2.24) is 5.32 Å². The van der Waals surface area contributed by atoms with Crippen LogP contribution in [0.4, 0.5) is 4.39 Å². The van der Waals surface area contributed by atoms with E-state index in [0.29, 0.717) is 30.9 Å². The highest BCUT2D eigenvalue weighted by molar-refractivity contribution is 5.96.